The summed E-state index contributed by atoms with van der Waals surface area (Å²) >= 11 is 0. The smallest absolute Gasteiger partial charge is 0.147 e. The summed E-state index contributed by atoms with van der Waals surface area (Å²) < 4.78 is 2.10. The van der Waals surface area contributed by atoms with Crippen LogP contribution in [0.3, 0.4) is 0 Å². The van der Waals surface area contributed by atoms with Crippen LogP contribution in [0.4, 0.5) is 0 Å². The fourth-order valence-corrected chi connectivity index (χ4v) is 2.06. The number of fused-ring (bicyclic) bond motifs is 1. The van der Waals surface area contributed by atoms with Gasteiger partial charge in [-0.15, -0.1) is 10.2 Å². The molecule has 1 atom stereocenters. The average Bonchev–Trinajstić information content (AvgIpc) is 2.76. The molecule has 0 amide bonds. The monoisotopic (exact) mass is 224 g/mol. The maximum absolute atomic E-state index is 9.41. The second-order valence-corrected chi connectivity index (χ2v) is 4.97. The predicted molar refractivity (Wildman–Crippen MR) is 60.8 cm³/mol. The zero-order valence-corrected chi connectivity index (χ0v) is 10.1. The molecule has 1 unspecified atom stereocenters. The number of hydrogen-bond donors (Lipinski definition) is 1. The maximum atomic E-state index is 9.41. The van der Waals surface area contributed by atoms with Gasteiger partial charge in [0.1, 0.15) is 12.2 Å². The van der Waals surface area contributed by atoms with Gasteiger partial charge in [0, 0.05) is 31.7 Å². The van der Waals surface area contributed by atoms with Gasteiger partial charge in [-0.25, -0.2) is 0 Å². The van der Waals surface area contributed by atoms with Crippen LogP contribution in [0.25, 0.3) is 0 Å². The molecule has 16 heavy (non-hydrogen) atoms. The summed E-state index contributed by atoms with van der Waals surface area (Å²) in [7, 11) is 0. The Morgan fingerprint density at radius 3 is 3.00 bits per heavy atom. The molecule has 0 aromatic carbocycles. The number of aliphatic hydroxyl groups is 1. The molecule has 1 aliphatic rings. The first-order valence-corrected chi connectivity index (χ1v) is 5.87. The van der Waals surface area contributed by atoms with Crippen molar-refractivity contribution >= 4 is 0 Å². The van der Waals surface area contributed by atoms with Crippen LogP contribution < -0.4 is 0 Å². The Morgan fingerprint density at radius 1 is 1.50 bits per heavy atom. The maximum Gasteiger partial charge on any atom is 0.147 e. The first kappa shape index (κ1) is 11.5. The van der Waals surface area contributed by atoms with E-state index in [9.17, 15) is 5.11 Å². The number of aliphatic hydroxyl groups excluding tert-OH is 1. The Bertz CT molecular complexity index is 346. The number of rotatable bonds is 4. The van der Waals surface area contributed by atoms with Crippen molar-refractivity contribution in [3.8, 4) is 0 Å². The molecule has 0 fully saturated rings. The Morgan fingerprint density at radius 2 is 2.31 bits per heavy atom. The van der Waals surface area contributed by atoms with Gasteiger partial charge in [0.05, 0.1) is 6.54 Å². The summed E-state index contributed by atoms with van der Waals surface area (Å²) in [5.41, 5.74) is 0.00217. The first-order valence-electron chi connectivity index (χ1n) is 5.87. The van der Waals surface area contributed by atoms with E-state index in [4.69, 9.17) is 0 Å². The lowest BCUT2D eigenvalue weighted by Gasteiger charge is -2.35. The molecule has 0 saturated heterocycles. The Labute approximate surface area is 96.1 Å². The van der Waals surface area contributed by atoms with Crippen LogP contribution in [0.1, 0.15) is 26.1 Å². The minimum absolute atomic E-state index is 0.00217. The van der Waals surface area contributed by atoms with Crippen LogP contribution >= 0.6 is 0 Å². The second-order valence-electron chi connectivity index (χ2n) is 4.97. The third kappa shape index (κ3) is 2.25. The van der Waals surface area contributed by atoms with Crippen LogP contribution in [0.2, 0.25) is 0 Å². The highest BCUT2D eigenvalue weighted by molar-refractivity contribution is 4.91. The molecular weight excluding hydrogens is 204 g/mol. The molecule has 1 aromatic rings. The van der Waals surface area contributed by atoms with Crippen LogP contribution in [0.15, 0.2) is 6.33 Å². The Balaban J connectivity index is 1.99. The SMILES string of the molecule is CCC(C)(CO)CN1CCn2cnnc2C1. The van der Waals surface area contributed by atoms with Gasteiger partial charge in [-0.3, -0.25) is 4.90 Å². The van der Waals surface area contributed by atoms with Crippen molar-refractivity contribution in [1.82, 2.24) is 19.7 Å². The van der Waals surface area contributed by atoms with Crippen molar-refractivity contribution in [3.05, 3.63) is 12.2 Å². The molecule has 0 saturated carbocycles. The van der Waals surface area contributed by atoms with E-state index in [1.807, 2.05) is 0 Å². The minimum Gasteiger partial charge on any atom is -0.396 e. The number of hydrogen-bond acceptors (Lipinski definition) is 4. The lowest BCUT2D eigenvalue weighted by atomic mass is 9.88. The molecule has 0 aliphatic carbocycles. The summed E-state index contributed by atoms with van der Waals surface area (Å²) in [5.74, 6) is 1.03. The van der Waals surface area contributed by atoms with Crippen molar-refractivity contribution in [2.75, 3.05) is 19.7 Å². The minimum atomic E-state index is 0.00217. The molecule has 5 nitrogen and oxygen atoms in total. The lowest BCUT2D eigenvalue weighted by molar-refractivity contribution is 0.0711. The highest BCUT2D eigenvalue weighted by Gasteiger charge is 2.27. The molecule has 0 bridgehead atoms. The van der Waals surface area contributed by atoms with E-state index < -0.39 is 0 Å². The van der Waals surface area contributed by atoms with Gasteiger partial charge >= 0.3 is 0 Å². The van der Waals surface area contributed by atoms with Gasteiger partial charge < -0.3 is 9.67 Å². The normalized spacial score (nSPS) is 20.4. The van der Waals surface area contributed by atoms with Gasteiger partial charge in [0.2, 0.25) is 0 Å². The van der Waals surface area contributed by atoms with Crippen molar-refractivity contribution < 1.29 is 5.11 Å². The summed E-state index contributed by atoms with van der Waals surface area (Å²) in [6, 6.07) is 0. The highest BCUT2D eigenvalue weighted by atomic mass is 16.3. The number of nitrogens with zero attached hydrogens (tertiary/aromatic N) is 4. The number of aromatic nitrogens is 3. The summed E-state index contributed by atoms with van der Waals surface area (Å²) in [5, 5.41) is 17.4. The van der Waals surface area contributed by atoms with Crippen LogP contribution in [-0.2, 0) is 13.1 Å². The Hall–Kier alpha value is -0.940. The zero-order chi connectivity index (χ0) is 11.6. The molecule has 5 heteroatoms. The van der Waals surface area contributed by atoms with E-state index in [1.54, 1.807) is 6.33 Å². The quantitative estimate of drug-likeness (QED) is 0.809. The fraction of sp³-hybridized carbons (Fsp3) is 0.818. The van der Waals surface area contributed by atoms with Crippen molar-refractivity contribution in [2.24, 2.45) is 5.41 Å². The molecule has 2 heterocycles. The third-order valence-corrected chi connectivity index (χ3v) is 3.56. The van der Waals surface area contributed by atoms with Crippen molar-refractivity contribution in [3.63, 3.8) is 0 Å². The lowest BCUT2D eigenvalue weighted by Crippen LogP contribution is -2.42. The van der Waals surface area contributed by atoms with Crippen molar-refractivity contribution in [2.45, 2.75) is 33.4 Å². The third-order valence-electron chi connectivity index (χ3n) is 3.56. The van der Waals surface area contributed by atoms with Crippen LogP contribution in [0.5, 0.6) is 0 Å². The van der Waals surface area contributed by atoms with Gasteiger partial charge in [-0.2, -0.15) is 0 Å². The van der Waals surface area contributed by atoms with E-state index in [0.29, 0.717) is 0 Å². The van der Waals surface area contributed by atoms with E-state index in [1.165, 1.54) is 0 Å². The topological polar surface area (TPSA) is 54.2 Å². The summed E-state index contributed by atoms with van der Waals surface area (Å²) in [6.45, 7) is 8.23. The second kappa shape index (κ2) is 4.51. The van der Waals surface area contributed by atoms with E-state index in [0.717, 1.165) is 38.4 Å². The molecule has 0 spiro atoms. The molecule has 1 aliphatic heterocycles. The molecule has 90 valence electrons. The van der Waals surface area contributed by atoms with Gasteiger partial charge in [0.15, 0.2) is 0 Å². The first-order chi connectivity index (χ1) is 7.67. The van der Waals surface area contributed by atoms with Crippen LogP contribution in [-0.4, -0.2) is 44.5 Å². The summed E-state index contributed by atoms with van der Waals surface area (Å²) in [6.07, 6.45) is 2.78. The van der Waals surface area contributed by atoms with Gasteiger partial charge in [-0.05, 0) is 6.42 Å². The molecule has 1 N–H and O–H groups in total. The molecule has 0 radical (unpaired) electrons. The zero-order valence-electron chi connectivity index (χ0n) is 10.1. The predicted octanol–water partition coefficient (Wildman–Crippen LogP) is 0.502. The summed E-state index contributed by atoms with van der Waals surface area (Å²) in [4.78, 5) is 2.35. The average molecular weight is 224 g/mol. The molecule has 1 aromatic heterocycles. The Kier molecular flexibility index (Phi) is 3.25. The van der Waals surface area contributed by atoms with E-state index in [-0.39, 0.29) is 12.0 Å². The van der Waals surface area contributed by atoms with Gasteiger partial charge in [0.25, 0.3) is 0 Å². The van der Waals surface area contributed by atoms with Crippen LogP contribution in [0, 0.1) is 5.41 Å². The largest absolute Gasteiger partial charge is 0.396 e. The van der Waals surface area contributed by atoms with Gasteiger partial charge in [-0.1, -0.05) is 13.8 Å². The van der Waals surface area contributed by atoms with E-state index in [2.05, 4.69) is 33.5 Å². The van der Waals surface area contributed by atoms with E-state index >= 15 is 0 Å². The molecule has 2 rings (SSSR count). The molecular formula is C11H20N4O. The standard InChI is InChI=1S/C11H20N4O/c1-3-11(2,8-16)7-14-4-5-15-9-12-13-10(15)6-14/h9,16H,3-8H2,1-2H3. The van der Waals surface area contributed by atoms with Crippen molar-refractivity contribution in [1.29, 1.82) is 0 Å². The fourth-order valence-electron chi connectivity index (χ4n) is 2.06. The highest BCUT2D eigenvalue weighted by Crippen LogP contribution is 2.23.